The first kappa shape index (κ1) is 15.2. The molecule has 6 heteroatoms. The minimum atomic E-state index is -0.209. The largest absolute Gasteiger partial charge is 0.294 e. The van der Waals surface area contributed by atoms with E-state index < -0.39 is 0 Å². The summed E-state index contributed by atoms with van der Waals surface area (Å²) in [6.07, 6.45) is 8.64. The van der Waals surface area contributed by atoms with Crippen molar-refractivity contribution in [3.05, 3.63) is 54.5 Å². The number of nitrogens with zero attached hydrogens (tertiary/aromatic N) is 5. The lowest BCUT2D eigenvalue weighted by atomic mass is 10.00. The van der Waals surface area contributed by atoms with Crippen LogP contribution in [0.1, 0.15) is 24.8 Å². The van der Waals surface area contributed by atoms with Crippen molar-refractivity contribution < 1.29 is 4.39 Å². The molecule has 1 aliphatic rings. The number of hydrogen-bond acceptors (Lipinski definition) is 4. The second kappa shape index (κ2) is 6.65. The number of hydrogen-bond donors (Lipinski definition) is 0. The molecule has 5 nitrogen and oxygen atoms in total. The fraction of sp³-hybridized carbons (Fsp3) is 0.389. The Kier molecular flexibility index (Phi) is 4.21. The topological polar surface area (TPSA) is 46.8 Å². The Morgan fingerprint density at radius 3 is 3.04 bits per heavy atom. The van der Waals surface area contributed by atoms with E-state index >= 15 is 0 Å². The second-order valence-electron chi connectivity index (χ2n) is 6.34. The number of benzene rings is 1. The summed E-state index contributed by atoms with van der Waals surface area (Å²) in [5.74, 6) is -0.209. The van der Waals surface area contributed by atoms with Crippen molar-refractivity contribution in [2.45, 2.75) is 38.4 Å². The van der Waals surface area contributed by atoms with Crippen LogP contribution < -0.4 is 0 Å². The quantitative estimate of drug-likeness (QED) is 0.740. The third kappa shape index (κ3) is 3.01. The number of rotatable bonds is 4. The van der Waals surface area contributed by atoms with Gasteiger partial charge in [0, 0.05) is 24.2 Å². The number of halogens is 1. The van der Waals surface area contributed by atoms with E-state index in [1.165, 1.54) is 12.8 Å². The van der Waals surface area contributed by atoms with Crippen molar-refractivity contribution in [3.63, 3.8) is 0 Å². The first-order chi connectivity index (χ1) is 11.8. The molecule has 2 aromatic heterocycles. The Morgan fingerprint density at radius 2 is 2.17 bits per heavy atom. The molecule has 4 rings (SSSR count). The van der Waals surface area contributed by atoms with Crippen LogP contribution in [-0.4, -0.2) is 37.2 Å². The lowest BCUT2D eigenvalue weighted by molar-refractivity contribution is 0.122. The fourth-order valence-electron chi connectivity index (χ4n) is 3.56. The molecule has 1 atom stereocenters. The van der Waals surface area contributed by atoms with E-state index in [0.717, 1.165) is 37.1 Å². The van der Waals surface area contributed by atoms with Crippen LogP contribution in [0.3, 0.4) is 0 Å². The van der Waals surface area contributed by atoms with E-state index in [0.29, 0.717) is 11.4 Å². The van der Waals surface area contributed by atoms with E-state index in [1.54, 1.807) is 37.1 Å². The third-order valence-corrected chi connectivity index (χ3v) is 4.79. The summed E-state index contributed by atoms with van der Waals surface area (Å²) in [6.45, 7) is 2.67. The van der Waals surface area contributed by atoms with E-state index in [2.05, 4.69) is 20.0 Å². The zero-order chi connectivity index (χ0) is 16.4. The lowest BCUT2D eigenvalue weighted by Gasteiger charge is -2.35. The van der Waals surface area contributed by atoms with Gasteiger partial charge in [0.15, 0.2) is 0 Å². The van der Waals surface area contributed by atoms with Gasteiger partial charge in [-0.25, -0.2) is 9.37 Å². The number of fused-ring (bicyclic) bond motifs is 1. The average Bonchev–Trinajstić information content (AvgIpc) is 3.12. The van der Waals surface area contributed by atoms with Crippen molar-refractivity contribution in [2.75, 3.05) is 6.54 Å². The van der Waals surface area contributed by atoms with Gasteiger partial charge in [-0.05, 0) is 43.1 Å². The Bertz CT molecular complexity index is 817. The van der Waals surface area contributed by atoms with Gasteiger partial charge in [0.25, 0.3) is 0 Å². The van der Waals surface area contributed by atoms with Crippen LogP contribution in [0, 0.1) is 5.82 Å². The lowest BCUT2D eigenvalue weighted by Crippen LogP contribution is -2.41. The van der Waals surface area contributed by atoms with Crippen LogP contribution >= 0.6 is 0 Å². The number of piperidine rings is 1. The fourth-order valence-corrected chi connectivity index (χ4v) is 3.56. The normalized spacial score (nSPS) is 19.0. The molecule has 0 bridgehead atoms. The zero-order valence-electron chi connectivity index (χ0n) is 13.5. The molecule has 0 spiro atoms. The highest BCUT2D eigenvalue weighted by atomic mass is 19.1. The number of pyridine rings is 1. The molecular weight excluding hydrogens is 305 g/mol. The van der Waals surface area contributed by atoms with Crippen molar-refractivity contribution in [1.82, 2.24) is 24.6 Å². The maximum Gasteiger partial charge on any atom is 0.137 e. The molecule has 3 heterocycles. The molecule has 1 aromatic carbocycles. The van der Waals surface area contributed by atoms with Gasteiger partial charge in [-0.3, -0.25) is 14.6 Å². The molecule has 0 saturated carbocycles. The van der Waals surface area contributed by atoms with Gasteiger partial charge >= 0.3 is 0 Å². The summed E-state index contributed by atoms with van der Waals surface area (Å²) in [5.41, 5.74) is 1.85. The van der Waals surface area contributed by atoms with E-state index in [1.807, 2.05) is 10.7 Å². The summed E-state index contributed by atoms with van der Waals surface area (Å²) < 4.78 is 15.9. The van der Waals surface area contributed by atoms with Crippen molar-refractivity contribution >= 4 is 10.9 Å². The van der Waals surface area contributed by atoms with Gasteiger partial charge in [-0.2, -0.15) is 5.10 Å². The molecule has 124 valence electrons. The molecule has 0 N–H and O–H groups in total. The average molecular weight is 325 g/mol. The summed E-state index contributed by atoms with van der Waals surface area (Å²) in [7, 11) is 0. The predicted molar refractivity (Wildman–Crippen MR) is 89.8 cm³/mol. The van der Waals surface area contributed by atoms with Gasteiger partial charge in [0.1, 0.15) is 18.5 Å². The SMILES string of the molecule is Fc1ccc(CN2CCCCC2Cn2cncn2)c2ncccc12. The molecule has 1 unspecified atom stereocenters. The Morgan fingerprint density at radius 1 is 1.21 bits per heavy atom. The van der Waals surface area contributed by atoms with E-state index in [9.17, 15) is 4.39 Å². The predicted octanol–water partition coefficient (Wildman–Crippen LogP) is 3.02. The minimum absolute atomic E-state index is 0.209. The first-order valence-corrected chi connectivity index (χ1v) is 8.40. The molecule has 3 aromatic rings. The van der Waals surface area contributed by atoms with Crippen LogP contribution in [-0.2, 0) is 13.1 Å². The highest BCUT2D eigenvalue weighted by molar-refractivity contribution is 5.82. The monoisotopic (exact) mass is 325 g/mol. The van der Waals surface area contributed by atoms with Crippen LogP contribution in [0.15, 0.2) is 43.1 Å². The van der Waals surface area contributed by atoms with Crippen LogP contribution in [0.25, 0.3) is 10.9 Å². The molecule has 1 saturated heterocycles. The molecule has 0 aliphatic carbocycles. The Balaban J connectivity index is 1.60. The van der Waals surface area contributed by atoms with Crippen molar-refractivity contribution in [3.8, 4) is 0 Å². The molecule has 24 heavy (non-hydrogen) atoms. The first-order valence-electron chi connectivity index (χ1n) is 8.40. The molecule has 1 fully saturated rings. The standard InChI is InChI=1S/C18H20FN5/c19-17-7-6-14(18-16(17)5-3-8-21-18)10-23-9-2-1-4-15(23)11-24-13-20-12-22-24/h3,5-8,12-13,15H,1-2,4,9-11H2. The number of likely N-dealkylation sites (tertiary alicyclic amines) is 1. The molecule has 0 amide bonds. The zero-order valence-corrected chi connectivity index (χ0v) is 13.5. The van der Waals surface area contributed by atoms with Crippen molar-refractivity contribution in [2.24, 2.45) is 0 Å². The van der Waals surface area contributed by atoms with Crippen LogP contribution in [0.5, 0.6) is 0 Å². The molecular formula is C18H20FN5. The highest BCUT2D eigenvalue weighted by Gasteiger charge is 2.24. The van der Waals surface area contributed by atoms with Crippen molar-refractivity contribution in [1.29, 1.82) is 0 Å². The maximum absolute atomic E-state index is 14.0. The Hall–Kier alpha value is -2.34. The highest BCUT2D eigenvalue weighted by Crippen LogP contribution is 2.25. The van der Waals surface area contributed by atoms with Gasteiger partial charge in [0.2, 0.25) is 0 Å². The smallest absolute Gasteiger partial charge is 0.137 e. The second-order valence-corrected chi connectivity index (χ2v) is 6.34. The summed E-state index contributed by atoms with van der Waals surface area (Å²) in [5, 5.41) is 4.83. The summed E-state index contributed by atoms with van der Waals surface area (Å²) in [6, 6.07) is 7.42. The Labute approximate surface area is 140 Å². The summed E-state index contributed by atoms with van der Waals surface area (Å²) in [4.78, 5) is 10.9. The third-order valence-electron chi connectivity index (χ3n) is 4.79. The van der Waals surface area contributed by atoms with Crippen LogP contribution in [0.2, 0.25) is 0 Å². The minimum Gasteiger partial charge on any atom is -0.294 e. The van der Waals surface area contributed by atoms with Crippen LogP contribution in [0.4, 0.5) is 4.39 Å². The van der Waals surface area contributed by atoms with Gasteiger partial charge in [-0.1, -0.05) is 12.5 Å². The van der Waals surface area contributed by atoms with E-state index in [-0.39, 0.29) is 5.82 Å². The maximum atomic E-state index is 14.0. The van der Waals surface area contributed by atoms with Gasteiger partial charge < -0.3 is 0 Å². The molecule has 0 radical (unpaired) electrons. The van der Waals surface area contributed by atoms with Gasteiger partial charge in [0.05, 0.1) is 12.1 Å². The van der Waals surface area contributed by atoms with E-state index in [4.69, 9.17) is 0 Å². The molecule has 1 aliphatic heterocycles. The summed E-state index contributed by atoms with van der Waals surface area (Å²) >= 11 is 0. The number of aromatic nitrogens is 4. The van der Waals surface area contributed by atoms with Gasteiger partial charge in [-0.15, -0.1) is 0 Å².